The maximum absolute atomic E-state index is 9.10. The molecule has 16 heteroatoms. The van der Waals surface area contributed by atoms with Gasteiger partial charge in [0.2, 0.25) is 0 Å². The van der Waals surface area contributed by atoms with E-state index in [0.29, 0.717) is 12.1 Å². The first-order valence-corrected chi connectivity index (χ1v) is 18.0. The van der Waals surface area contributed by atoms with Crippen molar-refractivity contribution >= 4 is 61.3 Å². The van der Waals surface area contributed by atoms with E-state index < -0.39 is 11.9 Å². The van der Waals surface area contributed by atoms with Crippen LogP contribution in [0.2, 0.25) is 0 Å². The van der Waals surface area contributed by atoms with Crippen LogP contribution in [0.1, 0.15) is 32.8 Å². The van der Waals surface area contributed by atoms with Gasteiger partial charge < -0.3 is 47.2 Å². The van der Waals surface area contributed by atoms with Crippen LogP contribution in [0.25, 0.3) is 20.2 Å². The zero-order valence-corrected chi connectivity index (χ0v) is 30.3. The molecule has 0 bridgehead atoms. The molecule has 52 heavy (non-hydrogen) atoms. The van der Waals surface area contributed by atoms with Gasteiger partial charge in [0.1, 0.15) is 0 Å². The first-order valence-electron chi connectivity index (χ1n) is 16.3. The number of likely N-dealkylation sites (tertiary alicyclic amines) is 2. The summed E-state index contributed by atoms with van der Waals surface area (Å²) in [7, 11) is 0. The van der Waals surface area contributed by atoms with Gasteiger partial charge in [-0.05, 0) is 95.7 Å². The molecule has 294 valence electrons. The van der Waals surface area contributed by atoms with Gasteiger partial charge in [-0.15, -0.1) is 22.7 Å². The van der Waals surface area contributed by atoms with Crippen LogP contribution in [-0.2, 0) is 36.7 Å². The molecule has 0 spiro atoms. The monoisotopic (exact) mass is 770 g/mol. The molecule has 2 unspecified atom stereocenters. The summed E-state index contributed by atoms with van der Waals surface area (Å²) in [6.45, 7) is 9.30. The summed E-state index contributed by atoms with van der Waals surface area (Å²) in [6.07, 6.45) is 4.23. The fourth-order valence-electron chi connectivity index (χ4n) is 5.45. The first-order chi connectivity index (χ1) is 23.7. The van der Waals surface area contributed by atoms with Gasteiger partial charge in [0.25, 0.3) is 6.47 Å². The van der Waals surface area contributed by atoms with E-state index in [1.807, 2.05) is 0 Å². The number of hydrogen-bond acceptors (Lipinski definition) is 11. The highest BCUT2D eigenvalue weighted by Gasteiger charge is 2.19. The second kappa shape index (κ2) is 27.1. The van der Waals surface area contributed by atoms with E-state index in [2.05, 4.69) is 69.1 Å². The molecule has 0 amide bonds. The first kappa shape index (κ1) is 48.5. The molecule has 6 rings (SSSR count). The number of hydrogen-bond donors (Lipinski definition) is 5. The molecule has 14 nitrogen and oxygen atoms in total. The Morgan fingerprint density at radius 2 is 1.13 bits per heavy atom. The van der Waals surface area contributed by atoms with Gasteiger partial charge in [0, 0.05) is 49.1 Å². The number of rotatable bonds is 12. The lowest BCUT2D eigenvalue weighted by Gasteiger charge is -2.14. The van der Waals surface area contributed by atoms with Crippen LogP contribution in [0.15, 0.2) is 59.3 Å². The van der Waals surface area contributed by atoms with Gasteiger partial charge in [0.15, 0.2) is 0 Å². The second-order valence-electron chi connectivity index (χ2n) is 11.7. The van der Waals surface area contributed by atoms with Crippen LogP contribution in [0.5, 0.6) is 0 Å². The van der Waals surface area contributed by atoms with Crippen LogP contribution in [0.4, 0.5) is 0 Å². The topological polar surface area (TPSA) is 252 Å². The third-order valence-electron chi connectivity index (χ3n) is 8.01. The van der Waals surface area contributed by atoms with Gasteiger partial charge in [-0.1, -0.05) is 31.7 Å². The van der Waals surface area contributed by atoms with Crippen LogP contribution in [-0.4, -0.2) is 132 Å². The van der Waals surface area contributed by atoms with Gasteiger partial charge in [-0.25, -0.2) is 9.59 Å². The van der Waals surface area contributed by atoms with E-state index in [1.165, 1.54) is 31.3 Å². The van der Waals surface area contributed by atoms with E-state index in [9.17, 15) is 0 Å². The molecule has 2 saturated heterocycles. The predicted octanol–water partition coefficient (Wildman–Crippen LogP) is 3.08. The molecule has 2 aromatic carbocycles. The molecular formula is C36H58N4O10S2. The lowest BCUT2D eigenvalue weighted by molar-refractivity contribution is -0.159. The summed E-state index contributed by atoms with van der Waals surface area (Å²) in [6, 6.07) is 18.5. The van der Waals surface area contributed by atoms with Gasteiger partial charge in [-0.2, -0.15) is 0 Å². The van der Waals surface area contributed by atoms with E-state index in [4.69, 9.17) is 50.6 Å². The van der Waals surface area contributed by atoms with Crippen molar-refractivity contribution < 1.29 is 51.6 Å². The smallest absolute Gasteiger partial charge is 0.414 e. The van der Waals surface area contributed by atoms with E-state index >= 15 is 0 Å². The highest BCUT2D eigenvalue weighted by molar-refractivity contribution is 7.17. The third-order valence-corrected chi connectivity index (χ3v) is 9.80. The number of benzene rings is 2. The molecular weight excluding hydrogens is 713 g/mol. The van der Waals surface area contributed by atoms with E-state index in [0.717, 1.165) is 91.4 Å². The fraction of sp³-hybridized carbons (Fsp3) is 0.472. The van der Waals surface area contributed by atoms with Crippen molar-refractivity contribution in [3.05, 3.63) is 70.4 Å². The van der Waals surface area contributed by atoms with Crippen LogP contribution < -0.4 is 11.5 Å². The second-order valence-corrected chi connectivity index (χ2v) is 13.6. The van der Waals surface area contributed by atoms with E-state index in [-0.39, 0.29) is 26.3 Å². The molecule has 0 aliphatic carbocycles. The van der Waals surface area contributed by atoms with Gasteiger partial charge in [-0.3, -0.25) is 14.6 Å². The Balaban J connectivity index is 0. The molecule has 2 aromatic heterocycles. The Labute approximate surface area is 314 Å². The number of nitrogens with zero attached hydrogens (tertiary/aromatic N) is 2. The molecule has 2 aliphatic heterocycles. The Bertz CT molecular complexity index is 1470. The zero-order chi connectivity index (χ0) is 35.4. The molecule has 11 N–H and O–H groups in total. The van der Waals surface area contributed by atoms with Crippen LogP contribution in [0, 0.1) is 0 Å². The molecule has 4 aromatic rings. The molecule has 0 saturated carbocycles. The molecule has 2 atom stereocenters. The standard InChI is InChI=1S/2C16H22N2OS.C2H2O4.CH2O2.CH4.2H2O.H2/c2*17-15-3-6-18(12-15)7-9-19-8-4-13-1-2-16-14(11-13)5-10-20-16;3-1(4)2(5)6;2-1-3;;;;/h2*1-2,5,10-11,15H,3-4,6-9,12,17H2;(H,3,4)(H,5,6);1H,(H,2,3);1H4;2*1H2;1H. The average Bonchev–Trinajstić information content (AvgIpc) is 3.90. The minimum atomic E-state index is -1.82. The highest BCUT2D eigenvalue weighted by Crippen LogP contribution is 2.23. The number of thiophene rings is 2. The number of ether oxygens (including phenoxy) is 2. The molecule has 2 aliphatic rings. The quantitative estimate of drug-likeness (QED) is 0.0792. The lowest BCUT2D eigenvalue weighted by atomic mass is 10.1. The summed E-state index contributed by atoms with van der Waals surface area (Å²) in [4.78, 5) is 31.3. The summed E-state index contributed by atoms with van der Waals surface area (Å²) >= 11 is 3.59. The van der Waals surface area contributed by atoms with Crippen LogP contribution >= 0.6 is 22.7 Å². The Hall–Kier alpha value is -3.55. The number of carboxylic acid groups (broad SMARTS) is 3. The summed E-state index contributed by atoms with van der Waals surface area (Å²) in [5.74, 6) is -3.65. The van der Waals surface area contributed by atoms with Crippen molar-refractivity contribution in [3.63, 3.8) is 0 Å². The average molecular weight is 771 g/mol. The lowest BCUT2D eigenvalue weighted by Crippen LogP contribution is -2.29. The Morgan fingerprint density at radius 3 is 1.46 bits per heavy atom. The van der Waals surface area contributed by atoms with Gasteiger partial charge in [0.05, 0.1) is 26.4 Å². The largest absolute Gasteiger partial charge is 0.483 e. The van der Waals surface area contributed by atoms with Crippen molar-refractivity contribution in [1.29, 1.82) is 0 Å². The number of aliphatic carboxylic acids is 2. The van der Waals surface area contributed by atoms with Crippen molar-refractivity contribution in [2.24, 2.45) is 11.5 Å². The molecule has 2 fully saturated rings. The SMILES string of the molecule is C.NC1CCN(CCOCCc2ccc3sccc3c2)C1.NC1CCN(CCOCCc2ccc3sccc3c2)C1.O.O.O=C(O)C(=O)O.O=CO.[HH]. The van der Waals surface area contributed by atoms with Crippen molar-refractivity contribution in [3.8, 4) is 0 Å². The Kier molecular flexibility index (Phi) is 25.3. The van der Waals surface area contributed by atoms with Crippen molar-refractivity contribution in [2.75, 3.05) is 65.7 Å². The van der Waals surface area contributed by atoms with Gasteiger partial charge >= 0.3 is 11.9 Å². The third kappa shape index (κ3) is 18.3. The zero-order valence-electron chi connectivity index (χ0n) is 28.7. The minimum Gasteiger partial charge on any atom is -0.483 e. The van der Waals surface area contributed by atoms with Crippen LogP contribution in [0.3, 0.4) is 0 Å². The maximum Gasteiger partial charge on any atom is 0.414 e. The number of carbonyl (C=O) groups is 3. The summed E-state index contributed by atoms with van der Waals surface area (Å²) in [5.41, 5.74) is 14.5. The number of carboxylic acids is 2. The fourth-order valence-corrected chi connectivity index (χ4v) is 6.99. The minimum absolute atomic E-state index is 0. The highest BCUT2D eigenvalue weighted by atomic mass is 32.1. The summed E-state index contributed by atoms with van der Waals surface area (Å²) < 4.78 is 14.2. The predicted molar refractivity (Wildman–Crippen MR) is 211 cm³/mol. The normalized spacial score (nSPS) is 16.4. The van der Waals surface area contributed by atoms with Crippen molar-refractivity contribution in [1.82, 2.24) is 9.80 Å². The molecule has 4 heterocycles. The number of fused-ring (bicyclic) bond motifs is 2. The van der Waals surface area contributed by atoms with Crippen molar-refractivity contribution in [2.45, 2.75) is 45.2 Å². The number of nitrogens with two attached hydrogens (primary N) is 2. The van der Waals surface area contributed by atoms with E-state index in [1.54, 1.807) is 22.7 Å². The Morgan fingerprint density at radius 1 is 0.750 bits per heavy atom. The summed E-state index contributed by atoms with van der Waals surface area (Å²) in [5, 5.41) is 28.7. The maximum atomic E-state index is 9.10. The molecule has 0 radical (unpaired) electrons.